The van der Waals surface area contributed by atoms with Crippen molar-refractivity contribution in [1.82, 2.24) is 4.98 Å². The van der Waals surface area contributed by atoms with E-state index in [0.29, 0.717) is 11.8 Å². The summed E-state index contributed by atoms with van der Waals surface area (Å²) in [5.74, 6) is 0.962. The monoisotopic (exact) mass is 218 g/mol. The summed E-state index contributed by atoms with van der Waals surface area (Å²) in [6, 6.07) is 4.22. The fourth-order valence-electron chi connectivity index (χ4n) is 2.80. The Morgan fingerprint density at radius 2 is 2.38 bits per heavy atom. The average Bonchev–Trinajstić information content (AvgIpc) is 2.72. The molecule has 2 nitrogen and oxygen atoms in total. The first-order valence-corrected chi connectivity index (χ1v) is 6.30. The molecule has 3 atom stereocenters. The van der Waals surface area contributed by atoms with E-state index in [2.05, 4.69) is 31.8 Å². The first-order chi connectivity index (χ1) is 7.57. The van der Waals surface area contributed by atoms with Gasteiger partial charge in [-0.25, -0.2) is 0 Å². The normalized spacial score (nSPS) is 24.9. The van der Waals surface area contributed by atoms with E-state index in [-0.39, 0.29) is 5.54 Å². The number of nitrogens with zero attached hydrogens (tertiary/aromatic N) is 1. The maximum Gasteiger partial charge on any atom is 0.0484 e. The second-order valence-corrected chi connectivity index (χ2v) is 5.31. The Morgan fingerprint density at radius 1 is 1.62 bits per heavy atom. The fraction of sp³-hybridized carbons (Fsp3) is 0.643. The van der Waals surface area contributed by atoms with E-state index in [9.17, 15) is 0 Å². The molecule has 0 bridgehead atoms. The van der Waals surface area contributed by atoms with Crippen molar-refractivity contribution < 1.29 is 0 Å². The third-order valence-electron chi connectivity index (χ3n) is 4.38. The van der Waals surface area contributed by atoms with Crippen molar-refractivity contribution in [2.45, 2.75) is 51.5 Å². The summed E-state index contributed by atoms with van der Waals surface area (Å²) in [6.45, 7) is 6.65. The van der Waals surface area contributed by atoms with Gasteiger partial charge >= 0.3 is 0 Å². The Hall–Kier alpha value is -0.890. The number of aryl methyl sites for hydroxylation is 1. The molecule has 88 valence electrons. The van der Waals surface area contributed by atoms with E-state index in [1.807, 2.05) is 12.3 Å². The van der Waals surface area contributed by atoms with Crippen LogP contribution in [-0.4, -0.2) is 10.5 Å². The smallest absolute Gasteiger partial charge is 0.0484 e. The van der Waals surface area contributed by atoms with Crippen molar-refractivity contribution in [3.8, 4) is 0 Å². The molecule has 0 radical (unpaired) electrons. The van der Waals surface area contributed by atoms with Gasteiger partial charge in [-0.1, -0.05) is 26.3 Å². The highest BCUT2D eigenvalue weighted by atomic mass is 14.8. The van der Waals surface area contributed by atoms with Gasteiger partial charge in [0, 0.05) is 23.3 Å². The Balaban J connectivity index is 2.31. The summed E-state index contributed by atoms with van der Waals surface area (Å²) in [7, 11) is 0. The molecule has 0 amide bonds. The van der Waals surface area contributed by atoms with Gasteiger partial charge in [-0.05, 0) is 37.3 Å². The number of hydrogen-bond donors (Lipinski definition) is 1. The minimum absolute atomic E-state index is 0.131. The summed E-state index contributed by atoms with van der Waals surface area (Å²) in [6.07, 6.45) is 5.32. The summed E-state index contributed by atoms with van der Waals surface area (Å²) in [5.41, 5.74) is 9.06. The fourth-order valence-corrected chi connectivity index (χ4v) is 2.80. The third-order valence-corrected chi connectivity index (χ3v) is 4.38. The van der Waals surface area contributed by atoms with Gasteiger partial charge < -0.3 is 5.73 Å². The van der Waals surface area contributed by atoms with E-state index >= 15 is 0 Å². The van der Waals surface area contributed by atoms with Gasteiger partial charge in [-0.3, -0.25) is 4.98 Å². The van der Waals surface area contributed by atoms with Crippen LogP contribution in [0.5, 0.6) is 0 Å². The Morgan fingerprint density at radius 3 is 3.06 bits per heavy atom. The third kappa shape index (κ3) is 1.75. The van der Waals surface area contributed by atoms with Crippen LogP contribution in [0.1, 0.15) is 50.8 Å². The highest BCUT2D eigenvalue weighted by Crippen LogP contribution is 2.41. The van der Waals surface area contributed by atoms with Crippen LogP contribution in [0.2, 0.25) is 0 Å². The topological polar surface area (TPSA) is 38.9 Å². The van der Waals surface area contributed by atoms with E-state index in [1.54, 1.807) is 0 Å². The lowest BCUT2D eigenvalue weighted by Crippen LogP contribution is -2.47. The Labute approximate surface area is 98.3 Å². The number of fused-ring (bicyclic) bond motifs is 1. The molecule has 1 aliphatic rings. The van der Waals surface area contributed by atoms with Crippen LogP contribution in [-0.2, 0) is 6.42 Å². The van der Waals surface area contributed by atoms with Crippen LogP contribution in [0.15, 0.2) is 18.3 Å². The Kier molecular flexibility index (Phi) is 3.02. The second kappa shape index (κ2) is 4.17. The van der Waals surface area contributed by atoms with Gasteiger partial charge in [0.2, 0.25) is 0 Å². The molecular weight excluding hydrogens is 196 g/mol. The maximum atomic E-state index is 6.55. The van der Waals surface area contributed by atoms with Crippen LogP contribution < -0.4 is 5.73 Å². The standard InChI is InChI=1S/C14H22N2/c1-4-10(2)14(3,15)12-8-7-11-6-5-9-16-13(11)12/h5-6,9-10,12H,4,7-8,15H2,1-3H3. The van der Waals surface area contributed by atoms with Crippen molar-refractivity contribution >= 4 is 0 Å². The lowest BCUT2D eigenvalue weighted by Gasteiger charge is -2.37. The summed E-state index contributed by atoms with van der Waals surface area (Å²) < 4.78 is 0. The first-order valence-electron chi connectivity index (χ1n) is 6.30. The first kappa shape index (κ1) is 11.6. The number of nitrogens with two attached hydrogens (primary N) is 1. The highest BCUT2D eigenvalue weighted by molar-refractivity contribution is 5.31. The number of rotatable bonds is 3. The van der Waals surface area contributed by atoms with E-state index in [1.165, 1.54) is 11.3 Å². The maximum absolute atomic E-state index is 6.55. The van der Waals surface area contributed by atoms with Gasteiger partial charge in [-0.2, -0.15) is 0 Å². The van der Waals surface area contributed by atoms with Crippen molar-refractivity contribution in [3.63, 3.8) is 0 Å². The Bertz CT molecular complexity index is 371. The van der Waals surface area contributed by atoms with Gasteiger partial charge in [0.05, 0.1) is 0 Å². The number of pyridine rings is 1. The molecule has 0 saturated carbocycles. The predicted molar refractivity (Wildman–Crippen MR) is 67.3 cm³/mol. The summed E-state index contributed by atoms with van der Waals surface area (Å²) in [5, 5.41) is 0. The van der Waals surface area contributed by atoms with Gasteiger partial charge in [0.25, 0.3) is 0 Å². The molecule has 0 saturated heterocycles. The van der Waals surface area contributed by atoms with Gasteiger partial charge in [-0.15, -0.1) is 0 Å². The molecule has 1 aromatic heterocycles. The quantitative estimate of drug-likeness (QED) is 0.847. The van der Waals surface area contributed by atoms with Crippen LogP contribution in [0, 0.1) is 5.92 Å². The molecule has 0 aliphatic heterocycles. The molecule has 2 heteroatoms. The molecule has 3 unspecified atom stereocenters. The molecule has 16 heavy (non-hydrogen) atoms. The molecular formula is C14H22N2. The van der Waals surface area contributed by atoms with E-state index < -0.39 is 0 Å². The zero-order valence-corrected chi connectivity index (χ0v) is 10.5. The van der Waals surface area contributed by atoms with E-state index in [4.69, 9.17) is 5.73 Å². The van der Waals surface area contributed by atoms with E-state index in [0.717, 1.165) is 19.3 Å². The number of aromatic nitrogens is 1. The highest BCUT2D eigenvalue weighted by Gasteiger charge is 2.39. The minimum atomic E-state index is -0.131. The predicted octanol–water partition coefficient (Wildman–Crippen LogP) is 2.87. The van der Waals surface area contributed by atoms with Crippen molar-refractivity contribution in [3.05, 3.63) is 29.6 Å². The molecule has 1 aromatic rings. The van der Waals surface area contributed by atoms with Gasteiger partial charge in [0.1, 0.15) is 0 Å². The molecule has 0 spiro atoms. The zero-order valence-electron chi connectivity index (χ0n) is 10.5. The lowest BCUT2D eigenvalue weighted by molar-refractivity contribution is 0.251. The number of hydrogen-bond acceptors (Lipinski definition) is 2. The molecule has 2 N–H and O–H groups in total. The van der Waals surface area contributed by atoms with Crippen molar-refractivity contribution in [1.29, 1.82) is 0 Å². The van der Waals surface area contributed by atoms with Crippen LogP contribution in [0.4, 0.5) is 0 Å². The second-order valence-electron chi connectivity index (χ2n) is 5.31. The molecule has 0 aromatic carbocycles. The largest absolute Gasteiger partial charge is 0.325 e. The molecule has 1 heterocycles. The minimum Gasteiger partial charge on any atom is -0.325 e. The van der Waals surface area contributed by atoms with Crippen LogP contribution >= 0.6 is 0 Å². The van der Waals surface area contributed by atoms with Gasteiger partial charge in [0.15, 0.2) is 0 Å². The van der Waals surface area contributed by atoms with Crippen molar-refractivity contribution in [2.75, 3.05) is 0 Å². The van der Waals surface area contributed by atoms with Crippen molar-refractivity contribution in [2.24, 2.45) is 11.7 Å². The summed E-state index contributed by atoms with van der Waals surface area (Å²) >= 11 is 0. The average molecular weight is 218 g/mol. The molecule has 1 aliphatic carbocycles. The molecule has 0 fully saturated rings. The molecule has 2 rings (SSSR count). The van der Waals surface area contributed by atoms with Crippen LogP contribution in [0.25, 0.3) is 0 Å². The summed E-state index contributed by atoms with van der Waals surface area (Å²) in [4.78, 5) is 4.54. The van der Waals surface area contributed by atoms with Crippen LogP contribution in [0.3, 0.4) is 0 Å². The SMILES string of the molecule is CCC(C)C(C)(N)C1CCc2cccnc21. The zero-order chi connectivity index (χ0) is 11.8. The lowest BCUT2D eigenvalue weighted by atomic mass is 9.74.